The molecule has 5 nitrogen and oxygen atoms in total. The molecule has 2 aliphatic heterocycles. The van der Waals surface area contributed by atoms with Crippen LogP contribution in [-0.4, -0.2) is 37.6 Å². The van der Waals surface area contributed by atoms with Crippen LogP contribution in [0.5, 0.6) is 11.5 Å². The maximum atomic E-state index is 14.0. The molecule has 2 aromatic carbocycles. The van der Waals surface area contributed by atoms with E-state index in [-0.39, 0.29) is 29.6 Å². The Labute approximate surface area is 176 Å². The fraction of sp³-hybridized carbons (Fsp3) is 0.458. The highest BCUT2D eigenvalue weighted by Gasteiger charge is 2.49. The zero-order valence-electron chi connectivity index (χ0n) is 17.1. The van der Waals surface area contributed by atoms with Gasteiger partial charge in [0.2, 0.25) is 5.91 Å². The molecule has 0 spiro atoms. The highest BCUT2D eigenvalue weighted by atomic mass is 19.1. The summed E-state index contributed by atoms with van der Waals surface area (Å²) in [4.78, 5) is 15.5. The Balaban J connectivity index is 1.34. The minimum atomic E-state index is -0.254. The fourth-order valence-corrected chi connectivity index (χ4v) is 4.90. The zero-order chi connectivity index (χ0) is 20.7. The molecule has 1 amide bonds. The average molecular weight is 410 g/mol. The molecule has 0 bridgehead atoms. The molecular weight excluding hydrogens is 383 g/mol. The number of rotatable bonds is 6. The maximum absolute atomic E-state index is 14.0. The smallest absolute Gasteiger partial charge is 0.225 e. The third-order valence-electron chi connectivity index (χ3n) is 6.60. The molecule has 5 rings (SSSR count). The van der Waals surface area contributed by atoms with Gasteiger partial charge in [-0.2, -0.15) is 0 Å². The molecule has 3 aliphatic rings. The lowest BCUT2D eigenvalue weighted by atomic mass is 9.84. The van der Waals surface area contributed by atoms with Gasteiger partial charge in [0.05, 0.1) is 19.6 Å². The lowest BCUT2D eigenvalue weighted by molar-refractivity contribution is -0.126. The molecule has 1 N–H and O–H groups in total. The van der Waals surface area contributed by atoms with Crippen molar-refractivity contribution < 1.29 is 18.7 Å². The number of nitrogens with one attached hydrogen (secondary N) is 1. The van der Waals surface area contributed by atoms with Gasteiger partial charge >= 0.3 is 0 Å². The standard InChI is InChI=1S/C24H27FN2O3/c1-29-18-4-2-3-16(9-18)11-26-24(28)20-13-27(12-15-5-6-15)23-19-10-17(25)7-8-22(19)30-14-21(20)23/h2-4,7-10,15,20-21,23H,5-6,11-14H2,1H3,(H,26,28)/t20-,21+,23+/m1/s1. The number of hydrogen-bond donors (Lipinski definition) is 1. The van der Waals surface area contributed by atoms with Crippen LogP contribution in [0.2, 0.25) is 0 Å². The number of carbonyl (C=O) groups is 1. The van der Waals surface area contributed by atoms with E-state index >= 15 is 0 Å². The molecule has 2 heterocycles. The molecule has 6 heteroatoms. The van der Waals surface area contributed by atoms with Crippen molar-refractivity contribution in [3.05, 3.63) is 59.4 Å². The van der Waals surface area contributed by atoms with Gasteiger partial charge in [-0.15, -0.1) is 0 Å². The number of methoxy groups -OCH3 is 1. The molecule has 0 unspecified atom stereocenters. The van der Waals surface area contributed by atoms with Crippen LogP contribution in [0.4, 0.5) is 4.39 Å². The molecule has 1 aliphatic carbocycles. The maximum Gasteiger partial charge on any atom is 0.225 e. The van der Waals surface area contributed by atoms with Crippen LogP contribution in [0.15, 0.2) is 42.5 Å². The van der Waals surface area contributed by atoms with Gasteiger partial charge in [0.25, 0.3) is 0 Å². The molecule has 1 saturated heterocycles. The Morgan fingerprint density at radius 3 is 2.93 bits per heavy atom. The summed E-state index contributed by atoms with van der Waals surface area (Å²) in [5.74, 6) is 1.86. The van der Waals surface area contributed by atoms with Crippen LogP contribution < -0.4 is 14.8 Å². The Morgan fingerprint density at radius 1 is 1.27 bits per heavy atom. The van der Waals surface area contributed by atoms with Crippen LogP contribution >= 0.6 is 0 Å². The molecule has 2 fully saturated rings. The van der Waals surface area contributed by atoms with E-state index in [1.807, 2.05) is 24.3 Å². The third kappa shape index (κ3) is 3.76. The summed E-state index contributed by atoms with van der Waals surface area (Å²) in [6, 6.07) is 12.5. The van der Waals surface area contributed by atoms with E-state index in [0.29, 0.717) is 25.6 Å². The number of benzene rings is 2. The Kier molecular flexibility index (Phi) is 5.11. The second kappa shape index (κ2) is 7.91. The predicted molar refractivity (Wildman–Crippen MR) is 111 cm³/mol. The van der Waals surface area contributed by atoms with Crippen molar-refractivity contribution in [2.45, 2.75) is 25.4 Å². The number of carbonyl (C=O) groups excluding carboxylic acids is 1. The van der Waals surface area contributed by atoms with E-state index in [0.717, 1.165) is 29.2 Å². The van der Waals surface area contributed by atoms with Gasteiger partial charge in [0.1, 0.15) is 17.3 Å². The molecule has 1 saturated carbocycles. The number of likely N-dealkylation sites (tertiary alicyclic amines) is 1. The first kappa shape index (κ1) is 19.4. The van der Waals surface area contributed by atoms with Crippen molar-refractivity contribution in [3.63, 3.8) is 0 Å². The number of halogens is 1. The van der Waals surface area contributed by atoms with Crippen molar-refractivity contribution in [3.8, 4) is 11.5 Å². The van der Waals surface area contributed by atoms with Crippen LogP contribution in [0, 0.1) is 23.6 Å². The Bertz CT molecular complexity index is 946. The van der Waals surface area contributed by atoms with Crippen molar-refractivity contribution in [1.82, 2.24) is 10.2 Å². The number of nitrogens with zero attached hydrogens (tertiary/aromatic N) is 1. The summed E-state index contributed by atoms with van der Waals surface area (Å²) in [7, 11) is 1.63. The van der Waals surface area contributed by atoms with Gasteiger partial charge in [-0.25, -0.2) is 4.39 Å². The van der Waals surface area contributed by atoms with Crippen LogP contribution in [0.25, 0.3) is 0 Å². The molecule has 3 atom stereocenters. The van der Waals surface area contributed by atoms with E-state index < -0.39 is 0 Å². The van der Waals surface area contributed by atoms with Crippen molar-refractivity contribution in [2.75, 3.05) is 26.8 Å². The first-order valence-corrected chi connectivity index (χ1v) is 10.7. The van der Waals surface area contributed by atoms with Gasteiger partial charge in [0.15, 0.2) is 0 Å². The minimum absolute atomic E-state index is 0.0309. The first-order valence-electron chi connectivity index (χ1n) is 10.7. The monoisotopic (exact) mass is 410 g/mol. The number of ether oxygens (including phenoxy) is 2. The summed E-state index contributed by atoms with van der Waals surface area (Å²) in [6.45, 7) is 2.60. The largest absolute Gasteiger partial charge is 0.497 e. The highest BCUT2D eigenvalue weighted by molar-refractivity contribution is 5.80. The van der Waals surface area contributed by atoms with Gasteiger partial charge in [0, 0.05) is 37.2 Å². The van der Waals surface area contributed by atoms with Gasteiger partial charge in [-0.3, -0.25) is 9.69 Å². The van der Waals surface area contributed by atoms with Crippen LogP contribution in [0.1, 0.15) is 30.0 Å². The SMILES string of the molecule is COc1cccc(CNC(=O)[C@@H]2CN(CC3CC3)[C@H]3c4cc(F)ccc4OC[C@@H]23)c1. The molecule has 0 aromatic heterocycles. The summed E-state index contributed by atoms with van der Waals surface area (Å²) < 4.78 is 25.2. The van der Waals surface area contributed by atoms with Gasteiger partial charge < -0.3 is 14.8 Å². The van der Waals surface area contributed by atoms with Crippen LogP contribution in [0.3, 0.4) is 0 Å². The van der Waals surface area contributed by atoms with E-state index in [9.17, 15) is 9.18 Å². The van der Waals surface area contributed by atoms with Crippen LogP contribution in [-0.2, 0) is 11.3 Å². The summed E-state index contributed by atoms with van der Waals surface area (Å²) >= 11 is 0. The van der Waals surface area contributed by atoms with E-state index in [4.69, 9.17) is 9.47 Å². The first-order chi connectivity index (χ1) is 14.6. The van der Waals surface area contributed by atoms with Gasteiger partial charge in [-0.1, -0.05) is 12.1 Å². The third-order valence-corrected chi connectivity index (χ3v) is 6.60. The normalized spacial score (nSPS) is 25.2. The summed E-state index contributed by atoms with van der Waals surface area (Å²) in [6.07, 6.45) is 2.49. The lowest BCUT2D eigenvalue weighted by Gasteiger charge is -2.34. The highest BCUT2D eigenvalue weighted by Crippen LogP contribution is 2.49. The average Bonchev–Trinajstić information content (AvgIpc) is 3.50. The summed E-state index contributed by atoms with van der Waals surface area (Å²) in [5, 5.41) is 3.10. The second-order valence-corrected chi connectivity index (χ2v) is 8.67. The zero-order valence-corrected chi connectivity index (χ0v) is 17.1. The topological polar surface area (TPSA) is 50.8 Å². The Morgan fingerprint density at radius 2 is 2.13 bits per heavy atom. The van der Waals surface area contributed by atoms with Crippen molar-refractivity contribution in [2.24, 2.45) is 17.8 Å². The van der Waals surface area contributed by atoms with E-state index in [2.05, 4.69) is 10.2 Å². The lowest BCUT2D eigenvalue weighted by Crippen LogP contribution is -2.38. The second-order valence-electron chi connectivity index (χ2n) is 8.67. The van der Waals surface area contributed by atoms with Crippen molar-refractivity contribution >= 4 is 5.91 Å². The quantitative estimate of drug-likeness (QED) is 0.792. The van der Waals surface area contributed by atoms with E-state index in [1.54, 1.807) is 19.2 Å². The molecule has 0 radical (unpaired) electrons. The predicted octanol–water partition coefficient (Wildman–Crippen LogP) is 3.54. The van der Waals surface area contributed by atoms with E-state index in [1.165, 1.54) is 18.9 Å². The fourth-order valence-electron chi connectivity index (χ4n) is 4.90. The Hall–Kier alpha value is -2.60. The molecular formula is C24H27FN2O3. The summed E-state index contributed by atoms with van der Waals surface area (Å²) in [5.41, 5.74) is 1.88. The number of hydrogen-bond acceptors (Lipinski definition) is 4. The molecule has 158 valence electrons. The minimum Gasteiger partial charge on any atom is -0.497 e. The molecule has 2 aromatic rings. The number of fused-ring (bicyclic) bond motifs is 3. The molecule has 30 heavy (non-hydrogen) atoms. The number of amides is 1. The van der Waals surface area contributed by atoms with Gasteiger partial charge in [-0.05, 0) is 54.7 Å². The van der Waals surface area contributed by atoms with Crippen molar-refractivity contribution in [1.29, 1.82) is 0 Å².